The number of carbonyl (C=O) groups is 1. The summed E-state index contributed by atoms with van der Waals surface area (Å²) in [6.45, 7) is 0.143. The van der Waals surface area contributed by atoms with Gasteiger partial charge in [0.15, 0.2) is 0 Å². The molecule has 0 bridgehead atoms. The number of carbonyl (C=O) groups excluding carboxylic acids is 1. The summed E-state index contributed by atoms with van der Waals surface area (Å²) in [4.78, 5) is 12.0. The molecule has 0 saturated carbocycles. The maximum Gasteiger partial charge on any atom is 0.251 e. The molecule has 0 radical (unpaired) electrons. The molecule has 0 aliphatic carbocycles. The topological polar surface area (TPSA) is 42.2 Å². The van der Waals surface area contributed by atoms with Gasteiger partial charge in [-0.25, -0.2) is 8.78 Å². The van der Waals surface area contributed by atoms with Crippen LogP contribution in [-0.2, 0) is 6.54 Å². The molecule has 0 spiro atoms. The Morgan fingerprint density at radius 2 is 1.79 bits per heavy atom. The van der Waals surface area contributed by atoms with Crippen molar-refractivity contribution in [3.8, 4) is 11.3 Å². The second-order valence-corrected chi connectivity index (χ2v) is 5.52. The molecule has 1 N–H and O–H groups in total. The van der Waals surface area contributed by atoms with E-state index in [1.54, 1.807) is 36.4 Å². The van der Waals surface area contributed by atoms with Crippen LogP contribution in [0.5, 0.6) is 0 Å². The number of benzene rings is 2. The first-order chi connectivity index (χ1) is 11.5. The molecule has 0 aliphatic rings. The number of hydrogen-bond acceptors (Lipinski definition) is 2. The minimum absolute atomic E-state index is 0.143. The van der Waals surface area contributed by atoms with Crippen LogP contribution in [0, 0.1) is 11.6 Å². The maximum absolute atomic E-state index is 13.7. The summed E-state index contributed by atoms with van der Waals surface area (Å²) in [5, 5.41) is 3.24. The van der Waals surface area contributed by atoms with Gasteiger partial charge in [0.1, 0.15) is 23.2 Å². The van der Waals surface area contributed by atoms with Gasteiger partial charge in [0.25, 0.3) is 5.91 Å². The fraction of sp³-hybridized carbons (Fsp3) is 0.0556. The van der Waals surface area contributed by atoms with E-state index in [0.29, 0.717) is 16.3 Å². The SMILES string of the molecule is O=C(NCc1ccc(-c2ccc(F)cc2F)o1)c1ccc(Cl)cc1. The van der Waals surface area contributed by atoms with Gasteiger partial charge >= 0.3 is 0 Å². The van der Waals surface area contributed by atoms with E-state index in [9.17, 15) is 13.6 Å². The van der Waals surface area contributed by atoms with Crippen molar-refractivity contribution < 1.29 is 18.0 Å². The van der Waals surface area contributed by atoms with Crippen LogP contribution >= 0.6 is 11.6 Å². The van der Waals surface area contributed by atoms with Gasteiger partial charge in [-0.05, 0) is 48.5 Å². The van der Waals surface area contributed by atoms with Crippen LogP contribution < -0.4 is 5.32 Å². The predicted molar refractivity (Wildman–Crippen MR) is 86.7 cm³/mol. The van der Waals surface area contributed by atoms with E-state index in [0.717, 1.165) is 12.1 Å². The summed E-state index contributed by atoms with van der Waals surface area (Å²) in [6.07, 6.45) is 0. The molecule has 3 aromatic rings. The van der Waals surface area contributed by atoms with Crippen molar-refractivity contribution in [2.45, 2.75) is 6.54 Å². The van der Waals surface area contributed by atoms with Crippen molar-refractivity contribution in [2.24, 2.45) is 0 Å². The highest BCUT2D eigenvalue weighted by atomic mass is 35.5. The average Bonchev–Trinajstić information content (AvgIpc) is 3.02. The molecule has 0 saturated heterocycles. The molecule has 1 aromatic heterocycles. The van der Waals surface area contributed by atoms with Crippen LogP contribution in [0.4, 0.5) is 8.78 Å². The van der Waals surface area contributed by atoms with Gasteiger partial charge in [-0.1, -0.05) is 11.6 Å². The molecule has 1 amide bonds. The first kappa shape index (κ1) is 16.2. The van der Waals surface area contributed by atoms with Gasteiger partial charge in [-0.15, -0.1) is 0 Å². The lowest BCUT2D eigenvalue weighted by Crippen LogP contribution is -2.22. The number of rotatable bonds is 4. The highest BCUT2D eigenvalue weighted by Crippen LogP contribution is 2.25. The maximum atomic E-state index is 13.7. The summed E-state index contributed by atoms with van der Waals surface area (Å²) >= 11 is 5.77. The summed E-state index contributed by atoms with van der Waals surface area (Å²) in [5.41, 5.74) is 0.627. The summed E-state index contributed by atoms with van der Waals surface area (Å²) in [6, 6.07) is 12.9. The van der Waals surface area contributed by atoms with Crippen LogP contribution in [0.3, 0.4) is 0 Å². The highest BCUT2D eigenvalue weighted by molar-refractivity contribution is 6.30. The Balaban J connectivity index is 1.68. The molecule has 24 heavy (non-hydrogen) atoms. The zero-order valence-corrected chi connectivity index (χ0v) is 13.1. The van der Waals surface area contributed by atoms with E-state index < -0.39 is 11.6 Å². The van der Waals surface area contributed by atoms with E-state index >= 15 is 0 Å². The van der Waals surface area contributed by atoms with Gasteiger partial charge in [-0.3, -0.25) is 4.79 Å². The number of furan rings is 1. The third kappa shape index (κ3) is 3.63. The van der Waals surface area contributed by atoms with Gasteiger partial charge in [-0.2, -0.15) is 0 Å². The first-order valence-electron chi connectivity index (χ1n) is 7.11. The van der Waals surface area contributed by atoms with E-state index in [4.69, 9.17) is 16.0 Å². The average molecular weight is 348 g/mol. The zero-order valence-electron chi connectivity index (χ0n) is 12.4. The summed E-state index contributed by atoms with van der Waals surface area (Å²) < 4.78 is 32.2. The summed E-state index contributed by atoms with van der Waals surface area (Å²) in [5.74, 6) is -0.920. The number of nitrogens with one attached hydrogen (secondary N) is 1. The van der Waals surface area contributed by atoms with Gasteiger partial charge < -0.3 is 9.73 Å². The molecule has 1 heterocycles. The molecular formula is C18H12ClF2NO2. The highest BCUT2D eigenvalue weighted by Gasteiger charge is 2.12. The molecule has 3 rings (SSSR count). The van der Waals surface area contributed by atoms with Crippen LogP contribution in [0.1, 0.15) is 16.1 Å². The first-order valence-corrected chi connectivity index (χ1v) is 7.48. The lowest BCUT2D eigenvalue weighted by Gasteiger charge is -2.04. The van der Waals surface area contributed by atoms with Crippen molar-refractivity contribution in [1.29, 1.82) is 0 Å². The molecule has 3 nitrogen and oxygen atoms in total. The number of amides is 1. The monoisotopic (exact) mass is 347 g/mol. The molecule has 0 aliphatic heterocycles. The van der Waals surface area contributed by atoms with E-state index in [1.807, 2.05) is 0 Å². The Bertz CT molecular complexity index is 875. The van der Waals surface area contributed by atoms with Gasteiger partial charge in [0.05, 0.1) is 12.1 Å². The Kier molecular flexibility index (Phi) is 4.62. The molecule has 6 heteroatoms. The Hall–Kier alpha value is -2.66. The van der Waals surface area contributed by atoms with E-state index in [2.05, 4.69) is 5.32 Å². The standard InChI is InChI=1S/C18H12ClF2NO2/c19-12-3-1-11(2-4-12)18(23)22-10-14-6-8-17(24-14)15-7-5-13(20)9-16(15)21/h1-9H,10H2,(H,22,23). The van der Waals surface area contributed by atoms with Crippen LogP contribution in [0.15, 0.2) is 59.0 Å². The second-order valence-electron chi connectivity index (χ2n) is 5.08. The largest absolute Gasteiger partial charge is 0.459 e. The van der Waals surface area contributed by atoms with Gasteiger partial charge in [0.2, 0.25) is 0 Å². The van der Waals surface area contributed by atoms with E-state index in [-0.39, 0.29) is 23.8 Å². The molecule has 2 aromatic carbocycles. The molecule has 0 atom stereocenters. The fourth-order valence-electron chi connectivity index (χ4n) is 2.18. The Labute approximate surface area is 141 Å². The zero-order chi connectivity index (χ0) is 17.1. The molecule has 122 valence electrons. The minimum Gasteiger partial charge on any atom is -0.459 e. The lowest BCUT2D eigenvalue weighted by molar-refractivity contribution is 0.0948. The predicted octanol–water partition coefficient (Wildman–Crippen LogP) is 4.81. The smallest absolute Gasteiger partial charge is 0.251 e. The Morgan fingerprint density at radius 3 is 2.50 bits per heavy atom. The van der Waals surface area contributed by atoms with Gasteiger partial charge in [0, 0.05) is 16.7 Å². The quantitative estimate of drug-likeness (QED) is 0.736. The number of hydrogen-bond donors (Lipinski definition) is 1. The molecule has 0 unspecified atom stereocenters. The van der Waals surface area contributed by atoms with Crippen molar-refractivity contribution >= 4 is 17.5 Å². The van der Waals surface area contributed by atoms with Crippen LogP contribution in [-0.4, -0.2) is 5.91 Å². The molecule has 0 fully saturated rings. The van der Waals surface area contributed by atoms with Crippen LogP contribution in [0.2, 0.25) is 5.02 Å². The third-order valence-corrected chi connectivity index (χ3v) is 3.64. The van der Waals surface area contributed by atoms with Crippen molar-refractivity contribution in [1.82, 2.24) is 5.32 Å². The normalized spacial score (nSPS) is 10.6. The van der Waals surface area contributed by atoms with Crippen molar-refractivity contribution in [3.05, 3.63) is 82.6 Å². The Morgan fingerprint density at radius 1 is 1.04 bits per heavy atom. The van der Waals surface area contributed by atoms with E-state index in [1.165, 1.54) is 6.07 Å². The lowest BCUT2D eigenvalue weighted by atomic mass is 10.1. The van der Waals surface area contributed by atoms with Crippen LogP contribution in [0.25, 0.3) is 11.3 Å². The van der Waals surface area contributed by atoms with Crippen molar-refractivity contribution in [2.75, 3.05) is 0 Å². The second kappa shape index (κ2) is 6.84. The summed E-state index contributed by atoms with van der Waals surface area (Å²) in [7, 11) is 0. The minimum atomic E-state index is -0.707. The van der Waals surface area contributed by atoms with Crippen molar-refractivity contribution in [3.63, 3.8) is 0 Å². The third-order valence-electron chi connectivity index (χ3n) is 3.39. The fourth-order valence-corrected chi connectivity index (χ4v) is 2.30. The molecular weight excluding hydrogens is 336 g/mol. The number of halogens is 3.